The number of rotatable bonds is 2. The van der Waals surface area contributed by atoms with E-state index >= 15 is 0 Å². The molecule has 1 amide bonds. The molecule has 3 aliphatic rings. The first kappa shape index (κ1) is 19.7. The summed E-state index contributed by atoms with van der Waals surface area (Å²) in [5.41, 5.74) is 0.749. The molecule has 4 rings (SSSR count). The molecule has 1 aromatic heterocycles. The Balaban J connectivity index is 1.45. The number of hydrogen-bond donors (Lipinski definition) is 0. The summed E-state index contributed by atoms with van der Waals surface area (Å²) in [6.07, 6.45) is 2.71. The van der Waals surface area contributed by atoms with Crippen LogP contribution in [0.25, 0.3) is 0 Å². The number of piperidine rings is 1. The van der Waals surface area contributed by atoms with Crippen molar-refractivity contribution < 1.29 is 18.8 Å². The summed E-state index contributed by atoms with van der Waals surface area (Å²) in [7, 11) is -0.402. The van der Waals surface area contributed by atoms with Crippen LogP contribution in [0.5, 0.6) is 0 Å². The number of aromatic nitrogens is 1. The summed E-state index contributed by atoms with van der Waals surface area (Å²) in [4.78, 5) is 19.0. The molecule has 152 valence electrons. The number of likely N-dealkylation sites (tertiary alicyclic amines) is 1. The zero-order valence-corrected chi connectivity index (χ0v) is 18.0. The van der Waals surface area contributed by atoms with Gasteiger partial charge in [-0.1, -0.05) is 6.07 Å². The van der Waals surface area contributed by atoms with Crippen LogP contribution in [0.15, 0.2) is 18.3 Å². The van der Waals surface area contributed by atoms with Gasteiger partial charge in [-0.25, -0.2) is 4.79 Å². The van der Waals surface area contributed by atoms with Gasteiger partial charge in [0.2, 0.25) is 0 Å². The smallest absolute Gasteiger partial charge is 0.444 e. The highest BCUT2D eigenvalue weighted by atomic mass is 16.7. The largest absolute Gasteiger partial charge is 0.496 e. The molecule has 3 heterocycles. The molecule has 6 nitrogen and oxygen atoms in total. The highest BCUT2D eigenvalue weighted by Gasteiger charge is 2.63. The summed E-state index contributed by atoms with van der Waals surface area (Å²) in [6.45, 7) is 15.3. The Labute approximate surface area is 168 Å². The average molecular weight is 386 g/mol. The second-order valence-electron chi connectivity index (χ2n) is 10.5. The fourth-order valence-corrected chi connectivity index (χ4v) is 4.16. The van der Waals surface area contributed by atoms with Crippen LogP contribution in [0.4, 0.5) is 4.79 Å². The fourth-order valence-electron chi connectivity index (χ4n) is 4.16. The van der Waals surface area contributed by atoms with Crippen molar-refractivity contribution in [2.24, 2.45) is 5.92 Å². The zero-order valence-electron chi connectivity index (χ0n) is 18.0. The number of hydrogen-bond acceptors (Lipinski definition) is 5. The van der Waals surface area contributed by atoms with E-state index in [0.29, 0.717) is 12.5 Å². The number of fused-ring (bicyclic) bond motifs is 1. The lowest BCUT2D eigenvalue weighted by molar-refractivity contribution is 0.00578. The van der Waals surface area contributed by atoms with Crippen LogP contribution < -0.4 is 5.46 Å². The first-order valence-electron chi connectivity index (χ1n) is 10.1. The summed E-state index contributed by atoms with van der Waals surface area (Å²) in [5, 5.41) is 0. The van der Waals surface area contributed by atoms with Crippen LogP contribution in [0.1, 0.15) is 60.6 Å². The minimum Gasteiger partial charge on any atom is -0.444 e. The van der Waals surface area contributed by atoms with Crippen molar-refractivity contribution in [2.45, 2.75) is 77.1 Å². The van der Waals surface area contributed by atoms with Crippen molar-refractivity contribution in [3.8, 4) is 0 Å². The lowest BCUT2D eigenvalue weighted by Gasteiger charge is -2.32. The Morgan fingerprint density at radius 1 is 1.21 bits per heavy atom. The third kappa shape index (κ3) is 3.22. The van der Waals surface area contributed by atoms with Gasteiger partial charge in [-0.2, -0.15) is 0 Å². The van der Waals surface area contributed by atoms with E-state index in [0.717, 1.165) is 24.1 Å². The monoisotopic (exact) mass is 386 g/mol. The van der Waals surface area contributed by atoms with E-state index in [4.69, 9.17) is 19.0 Å². The predicted octanol–water partition coefficient (Wildman–Crippen LogP) is 2.89. The van der Waals surface area contributed by atoms with E-state index in [-0.39, 0.29) is 22.7 Å². The maximum atomic E-state index is 12.4. The van der Waals surface area contributed by atoms with Crippen molar-refractivity contribution in [1.82, 2.24) is 9.88 Å². The first-order valence-corrected chi connectivity index (χ1v) is 10.1. The molecular formula is C21H31BN2O4. The molecule has 0 N–H and O–H groups in total. The molecule has 2 atom stereocenters. The van der Waals surface area contributed by atoms with Crippen molar-refractivity contribution in [1.29, 1.82) is 0 Å². The Bertz CT molecular complexity index is 771. The summed E-state index contributed by atoms with van der Waals surface area (Å²) in [6, 6.07) is 4.11. The summed E-state index contributed by atoms with van der Waals surface area (Å²) >= 11 is 0. The van der Waals surface area contributed by atoms with Crippen LogP contribution in [-0.4, -0.2) is 53.0 Å². The van der Waals surface area contributed by atoms with Gasteiger partial charge in [0.05, 0.1) is 11.2 Å². The van der Waals surface area contributed by atoms with Crippen LogP contribution in [0.3, 0.4) is 0 Å². The third-order valence-electron chi connectivity index (χ3n) is 6.62. The SMILES string of the molecule is CC(C)(C)OC(=O)N1CC2CC2(c2ccc(B3OC(C)(C)C(C)(C)O3)cn2)C1. The van der Waals surface area contributed by atoms with Crippen molar-refractivity contribution in [2.75, 3.05) is 13.1 Å². The summed E-state index contributed by atoms with van der Waals surface area (Å²) in [5.74, 6) is 0.468. The molecule has 2 unspecified atom stereocenters. The second kappa shape index (κ2) is 5.96. The van der Waals surface area contributed by atoms with Gasteiger partial charge in [0.1, 0.15) is 5.60 Å². The predicted molar refractivity (Wildman–Crippen MR) is 108 cm³/mol. The van der Waals surface area contributed by atoms with E-state index < -0.39 is 12.7 Å². The quantitative estimate of drug-likeness (QED) is 0.732. The van der Waals surface area contributed by atoms with E-state index in [9.17, 15) is 4.79 Å². The Kier molecular flexibility index (Phi) is 4.19. The Hall–Kier alpha value is -1.60. The maximum Gasteiger partial charge on any atom is 0.496 e. The minimum atomic E-state index is -0.472. The molecule has 0 radical (unpaired) electrons. The molecule has 28 heavy (non-hydrogen) atoms. The average Bonchev–Trinajstić information content (AvgIpc) is 3.04. The van der Waals surface area contributed by atoms with E-state index in [1.807, 2.05) is 65.6 Å². The first-order chi connectivity index (χ1) is 12.8. The fraction of sp³-hybridized carbons (Fsp3) is 0.714. The number of nitrogens with zero attached hydrogens (tertiary/aromatic N) is 2. The van der Waals surface area contributed by atoms with E-state index in [1.54, 1.807) is 0 Å². The molecule has 2 aliphatic heterocycles. The van der Waals surface area contributed by atoms with Crippen molar-refractivity contribution in [3.63, 3.8) is 0 Å². The number of ether oxygens (including phenoxy) is 1. The molecule has 1 aliphatic carbocycles. The number of pyridine rings is 1. The number of amides is 1. The lowest BCUT2D eigenvalue weighted by atomic mass is 9.80. The third-order valence-corrected chi connectivity index (χ3v) is 6.62. The molecule has 0 bridgehead atoms. The molecule has 7 heteroatoms. The van der Waals surface area contributed by atoms with Gasteiger partial charge in [0.15, 0.2) is 0 Å². The van der Waals surface area contributed by atoms with E-state index in [1.165, 1.54) is 0 Å². The molecule has 1 aromatic rings. The van der Waals surface area contributed by atoms with Gasteiger partial charge in [0.25, 0.3) is 0 Å². The molecule has 0 aromatic carbocycles. The zero-order chi connectivity index (χ0) is 20.5. The molecule has 3 fully saturated rings. The normalized spacial score (nSPS) is 30.3. The van der Waals surface area contributed by atoms with Gasteiger partial charge in [0, 0.05) is 35.9 Å². The molecule has 1 saturated carbocycles. The number of carbonyl (C=O) groups excluding carboxylic acids is 1. The number of carbonyl (C=O) groups is 1. The maximum absolute atomic E-state index is 12.4. The van der Waals surface area contributed by atoms with Gasteiger partial charge < -0.3 is 18.9 Å². The van der Waals surface area contributed by atoms with Gasteiger partial charge in [-0.05, 0) is 66.9 Å². The molecule has 0 spiro atoms. The van der Waals surface area contributed by atoms with E-state index in [2.05, 4.69) is 6.07 Å². The lowest BCUT2D eigenvalue weighted by Crippen LogP contribution is -2.41. The molecule has 2 saturated heterocycles. The Morgan fingerprint density at radius 3 is 2.39 bits per heavy atom. The highest BCUT2D eigenvalue weighted by Crippen LogP contribution is 2.58. The van der Waals surface area contributed by atoms with Gasteiger partial charge in [-0.3, -0.25) is 4.98 Å². The standard InChI is InChI=1S/C21H31BN2O4/c1-18(2,3)26-17(25)24-12-14-10-21(14,13-24)16-9-8-15(11-23-16)22-27-19(4,5)20(6,7)28-22/h8-9,11,14H,10,12-13H2,1-7H3. The van der Waals surface area contributed by atoms with Crippen LogP contribution in [-0.2, 0) is 19.5 Å². The van der Waals surface area contributed by atoms with Gasteiger partial charge >= 0.3 is 13.2 Å². The summed E-state index contributed by atoms with van der Waals surface area (Å²) < 4.78 is 17.8. The van der Waals surface area contributed by atoms with Crippen LogP contribution in [0.2, 0.25) is 0 Å². The second-order valence-corrected chi connectivity index (χ2v) is 10.5. The van der Waals surface area contributed by atoms with Crippen molar-refractivity contribution in [3.05, 3.63) is 24.0 Å². The molecular weight excluding hydrogens is 355 g/mol. The van der Waals surface area contributed by atoms with Crippen LogP contribution in [0, 0.1) is 5.92 Å². The van der Waals surface area contributed by atoms with Gasteiger partial charge in [-0.15, -0.1) is 0 Å². The van der Waals surface area contributed by atoms with Crippen molar-refractivity contribution >= 4 is 18.7 Å². The topological polar surface area (TPSA) is 60.9 Å². The van der Waals surface area contributed by atoms with Crippen LogP contribution >= 0.6 is 0 Å². The Morgan fingerprint density at radius 2 is 1.86 bits per heavy atom. The minimum absolute atomic E-state index is 0.0225. The highest BCUT2D eigenvalue weighted by molar-refractivity contribution is 6.62.